The Labute approximate surface area is 180 Å². The van der Waals surface area contributed by atoms with Crippen LogP contribution in [0.4, 0.5) is 0 Å². The van der Waals surface area contributed by atoms with Gasteiger partial charge >= 0.3 is 0 Å². The number of piperidine rings is 1. The van der Waals surface area contributed by atoms with Crippen LogP contribution in [0.3, 0.4) is 0 Å². The summed E-state index contributed by atoms with van der Waals surface area (Å²) in [7, 11) is -1.23. The fraction of sp³-hybridized carbons (Fsp3) is 0.632. The fourth-order valence-corrected chi connectivity index (χ4v) is 5.63. The Hall–Kier alpha value is -0.870. The Balaban J connectivity index is 0.00000261. The summed E-state index contributed by atoms with van der Waals surface area (Å²) in [4.78, 5) is 6.70. The van der Waals surface area contributed by atoms with Gasteiger partial charge in [0.05, 0.1) is 5.75 Å². The van der Waals surface area contributed by atoms with Gasteiger partial charge in [0.2, 0.25) is 10.0 Å². The molecule has 6 nitrogen and oxygen atoms in total. The number of benzene rings is 1. The minimum Gasteiger partial charge on any atom is -0.355 e. The Morgan fingerprint density at radius 1 is 1.26 bits per heavy atom. The van der Waals surface area contributed by atoms with Crippen molar-refractivity contribution in [1.82, 2.24) is 14.5 Å². The van der Waals surface area contributed by atoms with Crippen LogP contribution in [0, 0.1) is 5.92 Å². The van der Waals surface area contributed by atoms with E-state index in [1.807, 2.05) is 0 Å². The summed E-state index contributed by atoms with van der Waals surface area (Å²) in [5.41, 5.74) is 1.42. The van der Waals surface area contributed by atoms with Gasteiger partial charge in [-0.25, -0.2) is 12.7 Å². The van der Waals surface area contributed by atoms with Gasteiger partial charge in [0.15, 0.2) is 5.96 Å². The van der Waals surface area contributed by atoms with E-state index >= 15 is 0 Å². The van der Waals surface area contributed by atoms with Gasteiger partial charge in [-0.2, -0.15) is 0 Å². The molecule has 3 rings (SSSR count). The summed E-state index contributed by atoms with van der Waals surface area (Å²) < 4.78 is 25.3. The first kappa shape index (κ1) is 22.4. The zero-order valence-corrected chi connectivity index (χ0v) is 19.3. The Kier molecular flexibility index (Phi) is 8.36. The number of hydrogen-bond acceptors (Lipinski definition) is 3. The van der Waals surface area contributed by atoms with Crippen molar-refractivity contribution in [3.63, 3.8) is 0 Å². The van der Waals surface area contributed by atoms with Crippen molar-refractivity contribution in [3.8, 4) is 0 Å². The second-order valence-corrected chi connectivity index (χ2v) is 9.36. The lowest BCUT2D eigenvalue weighted by molar-refractivity contribution is 0.234. The van der Waals surface area contributed by atoms with E-state index in [0.717, 1.165) is 31.9 Å². The molecule has 2 unspecified atom stereocenters. The molecule has 1 aromatic rings. The normalized spacial score (nSPS) is 25.9. The minimum atomic E-state index is -3.02. The maximum absolute atomic E-state index is 11.9. The van der Waals surface area contributed by atoms with Crippen molar-refractivity contribution in [3.05, 3.63) is 35.9 Å². The largest absolute Gasteiger partial charge is 0.355 e. The predicted molar refractivity (Wildman–Crippen MR) is 121 cm³/mol. The third kappa shape index (κ3) is 5.57. The molecule has 2 aliphatic rings. The van der Waals surface area contributed by atoms with Crippen molar-refractivity contribution in [2.45, 2.75) is 25.7 Å². The highest BCUT2D eigenvalue weighted by Gasteiger charge is 2.30. The van der Waals surface area contributed by atoms with Crippen LogP contribution in [-0.4, -0.2) is 69.1 Å². The molecule has 27 heavy (non-hydrogen) atoms. The predicted octanol–water partition coefficient (Wildman–Crippen LogP) is 2.34. The van der Waals surface area contributed by atoms with Gasteiger partial charge in [-0.15, -0.1) is 24.0 Å². The van der Waals surface area contributed by atoms with Gasteiger partial charge in [0.1, 0.15) is 0 Å². The zero-order valence-electron chi connectivity index (χ0n) is 16.2. The summed E-state index contributed by atoms with van der Waals surface area (Å²) in [5.74, 6) is 2.29. The second-order valence-electron chi connectivity index (χ2n) is 7.27. The zero-order chi connectivity index (χ0) is 18.6. The number of nitrogens with one attached hydrogen (secondary N) is 1. The Morgan fingerprint density at radius 3 is 2.59 bits per heavy atom. The molecule has 1 aromatic carbocycles. The summed E-state index contributed by atoms with van der Waals surface area (Å²) in [6.45, 7) is 5.97. The van der Waals surface area contributed by atoms with Crippen molar-refractivity contribution in [2.24, 2.45) is 10.9 Å². The van der Waals surface area contributed by atoms with Crippen LogP contribution in [0.15, 0.2) is 35.3 Å². The number of guanidine groups is 1. The molecule has 2 saturated heterocycles. The molecular formula is C19H31IN4O2S. The van der Waals surface area contributed by atoms with E-state index in [4.69, 9.17) is 0 Å². The Bertz CT molecular complexity index is 726. The number of rotatable bonds is 4. The number of sulfonamides is 1. The van der Waals surface area contributed by atoms with Crippen molar-refractivity contribution < 1.29 is 8.42 Å². The van der Waals surface area contributed by atoms with Crippen LogP contribution in [0.5, 0.6) is 0 Å². The van der Waals surface area contributed by atoms with E-state index in [0.29, 0.717) is 31.5 Å². The van der Waals surface area contributed by atoms with Gasteiger partial charge in [-0.1, -0.05) is 37.3 Å². The molecule has 2 fully saturated rings. The molecule has 0 radical (unpaired) electrons. The third-order valence-electron chi connectivity index (χ3n) is 5.49. The van der Waals surface area contributed by atoms with Crippen LogP contribution in [0.1, 0.15) is 31.2 Å². The lowest BCUT2D eigenvalue weighted by atomic mass is 9.82. The van der Waals surface area contributed by atoms with E-state index < -0.39 is 10.0 Å². The van der Waals surface area contributed by atoms with E-state index in [1.54, 1.807) is 11.4 Å². The topological polar surface area (TPSA) is 65.0 Å². The van der Waals surface area contributed by atoms with Crippen LogP contribution >= 0.6 is 24.0 Å². The van der Waals surface area contributed by atoms with Gasteiger partial charge < -0.3 is 10.2 Å². The first-order valence-corrected chi connectivity index (χ1v) is 11.1. The van der Waals surface area contributed by atoms with Crippen LogP contribution < -0.4 is 5.32 Å². The van der Waals surface area contributed by atoms with Crippen LogP contribution in [0.25, 0.3) is 0 Å². The molecule has 2 aliphatic heterocycles. The molecule has 0 aliphatic carbocycles. The molecule has 152 valence electrons. The summed E-state index contributed by atoms with van der Waals surface area (Å²) in [6, 6.07) is 10.7. The smallest absolute Gasteiger partial charge is 0.214 e. The van der Waals surface area contributed by atoms with Gasteiger partial charge in [-0.05, 0) is 30.2 Å². The standard InChI is InChI=1S/C19H30N4O2S.HI/c1-16-15-22(12-9-18(16)17-7-4-3-5-8-17)19(20-2)21-10-13-23-11-6-14-26(23,24)25;/h3-5,7-8,16,18H,6,9-15H2,1-2H3,(H,20,21);1H. The van der Waals surface area contributed by atoms with Gasteiger partial charge in [0, 0.05) is 39.8 Å². The number of aliphatic imine (C=N–C) groups is 1. The van der Waals surface area contributed by atoms with Crippen LogP contribution in [-0.2, 0) is 10.0 Å². The number of nitrogens with zero attached hydrogens (tertiary/aromatic N) is 3. The molecule has 8 heteroatoms. The average Bonchev–Trinajstić information content (AvgIpc) is 2.98. The molecule has 1 N–H and O–H groups in total. The highest BCUT2D eigenvalue weighted by molar-refractivity contribution is 14.0. The Morgan fingerprint density at radius 2 is 2.00 bits per heavy atom. The van der Waals surface area contributed by atoms with Gasteiger partial charge in [-0.3, -0.25) is 4.99 Å². The number of likely N-dealkylation sites (tertiary alicyclic amines) is 1. The van der Waals surface area contributed by atoms with Crippen molar-refractivity contribution in [1.29, 1.82) is 0 Å². The summed E-state index contributed by atoms with van der Waals surface area (Å²) in [6.07, 6.45) is 1.84. The lowest BCUT2D eigenvalue weighted by Gasteiger charge is -2.39. The maximum Gasteiger partial charge on any atom is 0.214 e. The molecule has 0 saturated carbocycles. The molecule has 2 heterocycles. The van der Waals surface area contributed by atoms with Crippen molar-refractivity contribution >= 4 is 40.0 Å². The second kappa shape index (κ2) is 10.1. The van der Waals surface area contributed by atoms with E-state index in [1.165, 1.54) is 5.56 Å². The molecule has 0 bridgehead atoms. The summed E-state index contributed by atoms with van der Waals surface area (Å²) >= 11 is 0. The van der Waals surface area contributed by atoms with Gasteiger partial charge in [0.25, 0.3) is 0 Å². The fourth-order valence-electron chi connectivity index (χ4n) is 4.10. The van der Waals surface area contributed by atoms with Crippen molar-refractivity contribution in [2.75, 3.05) is 45.5 Å². The first-order chi connectivity index (χ1) is 12.5. The van der Waals surface area contributed by atoms with Crippen LogP contribution in [0.2, 0.25) is 0 Å². The number of halogens is 1. The van der Waals surface area contributed by atoms with E-state index in [2.05, 4.69) is 52.5 Å². The summed E-state index contributed by atoms with van der Waals surface area (Å²) in [5, 5.41) is 3.35. The molecular weight excluding hydrogens is 475 g/mol. The van der Waals surface area contributed by atoms with E-state index in [9.17, 15) is 8.42 Å². The maximum atomic E-state index is 11.9. The lowest BCUT2D eigenvalue weighted by Crippen LogP contribution is -2.49. The number of hydrogen-bond donors (Lipinski definition) is 1. The molecule has 2 atom stereocenters. The molecule has 0 amide bonds. The average molecular weight is 506 g/mol. The first-order valence-electron chi connectivity index (χ1n) is 9.49. The quantitative estimate of drug-likeness (QED) is 0.387. The molecule has 0 spiro atoms. The highest BCUT2D eigenvalue weighted by atomic mass is 127. The monoisotopic (exact) mass is 506 g/mol. The highest BCUT2D eigenvalue weighted by Crippen LogP contribution is 2.32. The molecule has 0 aromatic heterocycles. The SMILES string of the molecule is CN=C(NCCN1CCCS1(=O)=O)N1CCC(c2ccccc2)C(C)C1.I. The third-order valence-corrected chi connectivity index (χ3v) is 7.45. The van der Waals surface area contributed by atoms with E-state index in [-0.39, 0.29) is 29.7 Å². The minimum absolute atomic E-state index is 0.